The first-order valence-electron chi connectivity index (χ1n) is 12.7. The first-order chi connectivity index (χ1) is 19.4. The summed E-state index contributed by atoms with van der Waals surface area (Å²) in [5.41, 5.74) is 2.67. The van der Waals surface area contributed by atoms with Gasteiger partial charge >= 0.3 is 10.1 Å². The molecule has 0 aliphatic carbocycles. The monoisotopic (exact) mass is 561 g/mol. The summed E-state index contributed by atoms with van der Waals surface area (Å²) in [7, 11) is -2.83. The number of rotatable bonds is 13. The molecule has 4 aromatic rings. The summed E-state index contributed by atoms with van der Waals surface area (Å²) < 4.78 is 42.2. The van der Waals surface area contributed by atoms with Gasteiger partial charge in [0.25, 0.3) is 0 Å². The van der Waals surface area contributed by atoms with Crippen molar-refractivity contribution in [1.29, 1.82) is 0 Å². The van der Waals surface area contributed by atoms with Gasteiger partial charge in [0.05, 0.1) is 20.1 Å². The first-order valence-corrected chi connectivity index (χ1v) is 14.1. The molecule has 0 aliphatic rings. The molecule has 8 nitrogen and oxygen atoms in total. The van der Waals surface area contributed by atoms with Crippen LogP contribution < -0.4 is 19.0 Å². The summed E-state index contributed by atoms with van der Waals surface area (Å²) in [6.45, 7) is 0.307. The van der Waals surface area contributed by atoms with Crippen LogP contribution in [0.15, 0.2) is 102 Å². The molecule has 0 saturated carbocycles. The van der Waals surface area contributed by atoms with Gasteiger partial charge in [-0.25, -0.2) is 0 Å². The number of carbonyl (C=O) groups excluding carboxylic acids is 1. The Hall–Kier alpha value is -4.34. The van der Waals surface area contributed by atoms with Crippen LogP contribution in [0, 0.1) is 0 Å². The molecule has 4 rings (SSSR count). The Morgan fingerprint density at radius 3 is 2.27 bits per heavy atom. The van der Waals surface area contributed by atoms with Gasteiger partial charge in [-0.1, -0.05) is 66.7 Å². The molecular formula is C31H31NO7S. The third-order valence-electron chi connectivity index (χ3n) is 6.16. The van der Waals surface area contributed by atoms with Crippen molar-refractivity contribution in [2.75, 3.05) is 13.7 Å². The average Bonchev–Trinajstić information content (AvgIpc) is 2.97. The molecule has 0 aromatic heterocycles. The highest BCUT2D eigenvalue weighted by Gasteiger charge is 2.24. The number of ether oxygens (including phenoxy) is 2. The number of nitrogens with one attached hydrogen (secondary N) is 1. The van der Waals surface area contributed by atoms with Crippen molar-refractivity contribution in [2.45, 2.75) is 31.0 Å². The predicted octanol–water partition coefficient (Wildman–Crippen LogP) is 4.44. The third kappa shape index (κ3) is 7.62. The molecule has 40 heavy (non-hydrogen) atoms. The summed E-state index contributed by atoms with van der Waals surface area (Å²) in [4.78, 5) is 12.7. The number of carbonyl (C=O) groups is 1. The Balaban J connectivity index is 1.38. The van der Waals surface area contributed by atoms with Crippen LogP contribution in [0.2, 0.25) is 0 Å². The second-order valence-corrected chi connectivity index (χ2v) is 10.5. The molecule has 0 unspecified atom stereocenters. The number of benzene rings is 4. The van der Waals surface area contributed by atoms with Crippen LogP contribution in [0.3, 0.4) is 0 Å². The fourth-order valence-corrected chi connectivity index (χ4v) is 5.09. The SMILES string of the molecule is COc1ccc(CC(=O)NCCc2cccc(OCc3ccccc3)c2)c(CO)c1OS(=O)(=O)c1ccccc1. The van der Waals surface area contributed by atoms with Gasteiger partial charge in [0.2, 0.25) is 5.91 Å². The molecule has 0 heterocycles. The second-order valence-electron chi connectivity index (χ2n) is 8.94. The molecule has 208 valence electrons. The van der Waals surface area contributed by atoms with Crippen LogP contribution in [0.5, 0.6) is 17.2 Å². The minimum absolute atomic E-state index is 0.0429. The van der Waals surface area contributed by atoms with E-state index in [2.05, 4.69) is 5.32 Å². The largest absolute Gasteiger partial charge is 0.493 e. The van der Waals surface area contributed by atoms with Gasteiger partial charge in [-0.05, 0) is 53.4 Å². The number of hydrogen-bond acceptors (Lipinski definition) is 7. The lowest BCUT2D eigenvalue weighted by molar-refractivity contribution is -0.120. The van der Waals surface area contributed by atoms with E-state index in [1.165, 1.54) is 25.3 Å². The molecule has 4 aromatic carbocycles. The van der Waals surface area contributed by atoms with Crippen molar-refractivity contribution >= 4 is 16.0 Å². The van der Waals surface area contributed by atoms with Gasteiger partial charge in [-0.15, -0.1) is 0 Å². The molecule has 0 aliphatic heterocycles. The first kappa shape index (κ1) is 28.7. The summed E-state index contributed by atoms with van der Waals surface area (Å²) in [6.07, 6.45) is 0.509. The van der Waals surface area contributed by atoms with E-state index in [1.54, 1.807) is 24.3 Å². The highest BCUT2D eigenvalue weighted by atomic mass is 32.2. The summed E-state index contributed by atoms with van der Waals surface area (Å²) in [5, 5.41) is 13.0. The minimum atomic E-state index is -4.19. The fraction of sp³-hybridized carbons (Fsp3) is 0.194. The van der Waals surface area contributed by atoms with Crippen LogP contribution in [-0.2, 0) is 41.0 Å². The lowest BCUT2D eigenvalue weighted by Crippen LogP contribution is -2.27. The normalized spacial score (nSPS) is 11.1. The maximum Gasteiger partial charge on any atom is 0.339 e. The van der Waals surface area contributed by atoms with E-state index in [-0.39, 0.29) is 34.3 Å². The predicted molar refractivity (Wildman–Crippen MR) is 151 cm³/mol. The average molecular weight is 562 g/mol. The summed E-state index contributed by atoms with van der Waals surface area (Å²) >= 11 is 0. The maximum absolute atomic E-state index is 12.8. The smallest absolute Gasteiger partial charge is 0.339 e. The molecular weight excluding hydrogens is 530 g/mol. The number of amides is 1. The van der Waals surface area contributed by atoms with Crippen molar-refractivity contribution in [3.63, 3.8) is 0 Å². The van der Waals surface area contributed by atoms with Gasteiger partial charge in [0.15, 0.2) is 11.5 Å². The van der Waals surface area contributed by atoms with Crippen molar-refractivity contribution in [3.8, 4) is 17.2 Å². The molecule has 0 spiro atoms. The zero-order chi connectivity index (χ0) is 28.4. The Morgan fingerprint density at radius 1 is 0.875 bits per heavy atom. The quantitative estimate of drug-likeness (QED) is 0.232. The number of hydrogen-bond donors (Lipinski definition) is 2. The zero-order valence-corrected chi connectivity index (χ0v) is 22.9. The Bertz CT molecular complexity index is 1520. The maximum atomic E-state index is 12.8. The Labute approximate surface area is 234 Å². The van der Waals surface area contributed by atoms with Crippen molar-refractivity contribution in [1.82, 2.24) is 5.32 Å². The van der Waals surface area contributed by atoms with Crippen LogP contribution in [0.4, 0.5) is 0 Å². The van der Waals surface area contributed by atoms with E-state index in [4.69, 9.17) is 13.7 Å². The van der Waals surface area contributed by atoms with Crippen LogP contribution in [0.25, 0.3) is 0 Å². The second kappa shape index (κ2) is 13.6. The Morgan fingerprint density at radius 2 is 1.57 bits per heavy atom. The van der Waals surface area contributed by atoms with Crippen molar-refractivity contribution in [2.24, 2.45) is 0 Å². The standard InChI is InChI=1S/C31H31NO7S/c1-37-29-16-15-25(28(21-33)31(29)39-40(35,36)27-13-6-3-7-14-27)20-30(34)32-18-17-23-11-8-12-26(19-23)38-22-24-9-4-2-5-10-24/h2-16,19,33H,17-18,20-22H2,1H3,(H,32,34). The number of aliphatic hydroxyl groups excluding tert-OH is 1. The molecule has 0 bridgehead atoms. The van der Waals surface area contributed by atoms with Gasteiger partial charge < -0.3 is 24.1 Å². The summed E-state index contributed by atoms with van der Waals surface area (Å²) in [6, 6.07) is 28.4. The fourth-order valence-electron chi connectivity index (χ4n) is 4.10. The number of methoxy groups -OCH3 is 1. The van der Waals surface area contributed by atoms with Crippen LogP contribution >= 0.6 is 0 Å². The zero-order valence-electron chi connectivity index (χ0n) is 22.1. The van der Waals surface area contributed by atoms with E-state index in [9.17, 15) is 18.3 Å². The van der Waals surface area contributed by atoms with Gasteiger partial charge in [-0.2, -0.15) is 8.42 Å². The summed E-state index contributed by atoms with van der Waals surface area (Å²) in [5.74, 6) is 0.443. The molecule has 0 atom stereocenters. The molecule has 1 amide bonds. The molecule has 0 saturated heterocycles. The molecule has 2 N–H and O–H groups in total. The number of aliphatic hydroxyl groups is 1. The Kier molecular flexibility index (Phi) is 9.77. The van der Waals surface area contributed by atoms with E-state index >= 15 is 0 Å². The van der Waals surface area contributed by atoms with Gasteiger partial charge in [-0.3, -0.25) is 4.79 Å². The van der Waals surface area contributed by atoms with E-state index < -0.39 is 16.7 Å². The molecule has 0 radical (unpaired) electrons. The highest BCUT2D eigenvalue weighted by molar-refractivity contribution is 7.87. The van der Waals surface area contributed by atoms with Gasteiger partial charge in [0, 0.05) is 12.1 Å². The lowest BCUT2D eigenvalue weighted by atomic mass is 10.0. The third-order valence-corrected chi connectivity index (χ3v) is 7.39. The van der Waals surface area contributed by atoms with E-state index in [0.29, 0.717) is 25.1 Å². The lowest BCUT2D eigenvalue weighted by Gasteiger charge is -2.17. The van der Waals surface area contributed by atoms with Crippen molar-refractivity contribution < 1.29 is 32.0 Å². The molecule has 0 fully saturated rings. The topological polar surface area (TPSA) is 111 Å². The van der Waals surface area contributed by atoms with E-state index in [0.717, 1.165) is 16.9 Å². The highest BCUT2D eigenvalue weighted by Crippen LogP contribution is 2.36. The van der Waals surface area contributed by atoms with Crippen molar-refractivity contribution in [3.05, 3.63) is 119 Å². The minimum Gasteiger partial charge on any atom is -0.493 e. The van der Waals surface area contributed by atoms with Crippen LogP contribution in [0.1, 0.15) is 22.3 Å². The van der Waals surface area contributed by atoms with E-state index in [1.807, 2.05) is 54.6 Å². The molecule has 9 heteroatoms. The van der Waals surface area contributed by atoms with Gasteiger partial charge in [0.1, 0.15) is 17.3 Å². The van der Waals surface area contributed by atoms with Crippen LogP contribution in [-0.4, -0.2) is 33.1 Å².